The number of nitrogens with two attached hydrogens (primary N) is 2. The van der Waals surface area contributed by atoms with Crippen LogP contribution in [0, 0.1) is 11.6 Å². The summed E-state index contributed by atoms with van der Waals surface area (Å²) in [6, 6.07) is 3.54. The summed E-state index contributed by atoms with van der Waals surface area (Å²) in [6.07, 6.45) is 4.89. The Hall–Kier alpha value is -3.63. The van der Waals surface area contributed by atoms with E-state index < -0.39 is 29.8 Å². The third kappa shape index (κ3) is 5.55. The van der Waals surface area contributed by atoms with E-state index in [4.69, 9.17) is 15.9 Å². The smallest absolute Gasteiger partial charge is 0.247 e. The van der Waals surface area contributed by atoms with Crippen LogP contribution in [0.15, 0.2) is 52.4 Å². The number of nitrogens with zero attached hydrogens (tertiary/aromatic N) is 3. The SMILES string of the molecule is CCC(/C=C(\N)c1c(F)cccc1F)=C(/N)C(C)c1cncc(-c2nc(C(C)(C)O)c(CO)o2)n1. The number of rotatable bonds is 8. The fourth-order valence-corrected chi connectivity index (χ4v) is 3.60. The van der Waals surface area contributed by atoms with Crippen molar-refractivity contribution in [1.82, 2.24) is 15.0 Å². The highest BCUT2D eigenvalue weighted by molar-refractivity contribution is 5.66. The number of aliphatic hydroxyl groups excluding tert-OH is 1. The molecule has 2 aromatic heterocycles. The average Bonchev–Trinajstić information content (AvgIpc) is 3.27. The topological polar surface area (TPSA) is 144 Å². The molecule has 0 aliphatic carbocycles. The van der Waals surface area contributed by atoms with Crippen molar-refractivity contribution >= 4 is 5.70 Å². The molecule has 0 fully saturated rings. The average molecular weight is 486 g/mol. The molecular formula is C25H29F2N5O3. The fraction of sp³-hybridized carbons (Fsp3) is 0.320. The maximum absolute atomic E-state index is 14.1. The molecule has 0 aliphatic heterocycles. The first-order valence-corrected chi connectivity index (χ1v) is 11.0. The second kappa shape index (κ2) is 10.3. The molecule has 0 spiro atoms. The van der Waals surface area contributed by atoms with E-state index in [0.717, 1.165) is 12.1 Å². The van der Waals surface area contributed by atoms with Gasteiger partial charge in [0.2, 0.25) is 5.89 Å². The highest BCUT2D eigenvalue weighted by atomic mass is 19.1. The first kappa shape index (κ1) is 26.0. The predicted molar refractivity (Wildman–Crippen MR) is 127 cm³/mol. The van der Waals surface area contributed by atoms with Gasteiger partial charge in [0.1, 0.15) is 35.2 Å². The van der Waals surface area contributed by atoms with Gasteiger partial charge in [-0.3, -0.25) is 4.98 Å². The number of benzene rings is 1. The maximum Gasteiger partial charge on any atom is 0.247 e. The van der Waals surface area contributed by atoms with Gasteiger partial charge < -0.3 is 26.1 Å². The molecule has 0 bridgehead atoms. The minimum atomic E-state index is -1.33. The van der Waals surface area contributed by atoms with E-state index in [2.05, 4.69) is 15.0 Å². The molecule has 186 valence electrons. The van der Waals surface area contributed by atoms with Crippen molar-refractivity contribution < 1.29 is 23.4 Å². The molecule has 0 saturated heterocycles. The van der Waals surface area contributed by atoms with Crippen molar-refractivity contribution in [2.75, 3.05) is 0 Å². The van der Waals surface area contributed by atoms with Gasteiger partial charge >= 0.3 is 0 Å². The van der Waals surface area contributed by atoms with Gasteiger partial charge in [0.05, 0.1) is 17.5 Å². The molecule has 1 unspecified atom stereocenters. The van der Waals surface area contributed by atoms with Gasteiger partial charge in [-0.25, -0.2) is 18.7 Å². The van der Waals surface area contributed by atoms with Crippen LogP contribution in [0.3, 0.4) is 0 Å². The molecule has 0 radical (unpaired) electrons. The largest absolute Gasteiger partial charge is 0.437 e. The van der Waals surface area contributed by atoms with Crippen LogP contribution in [0.5, 0.6) is 0 Å². The van der Waals surface area contributed by atoms with E-state index in [0.29, 0.717) is 23.4 Å². The fourth-order valence-electron chi connectivity index (χ4n) is 3.60. The lowest BCUT2D eigenvalue weighted by atomic mass is 9.96. The molecule has 1 atom stereocenters. The van der Waals surface area contributed by atoms with E-state index >= 15 is 0 Å². The highest BCUT2D eigenvalue weighted by Gasteiger charge is 2.27. The quantitative estimate of drug-likeness (QED) is 0.352. The molecule has 10 heteroatoms. The normalized spacial score (nSPS) is 14.1. The molecule has 35 heavy (non-hydrogen) atoms. The first-order chi connectivity index (χ1) is 16.5. The van der Waals surface area contributed by atoms with Crippen molar-refractivity contribution in [3.8, 4) is 11.6 Å². The van der Waals surface area contributed by atoms with Crippen molar-refractivity contribution in [1.29, 1.82) is 0 Å². The Morgan fingerprint density at radius 2 is 1.83 bits per heavy atom. The first-order valence-electron chi connectivity index (χ1n) is 11.0. The highest BCUT2D eigenvalue weighted by Crippen LogP contribution is 2.30. The minimum Gasteiger partial charge on any atom is -0.437 e. The molecule has 8 nitrogen and oxygen atoms in total. The van der Waals surface area contributed by atoms with E-state index in [1.807, 2.05) is 13.8 Å². The van der Waals surface area contributed by atoms with Gasteiger partial charge in [0.25, 0.3) is 0 Å². The van der Waals surface area contributed by atoms with Crippen LogP contribution in [0.25, 0.3) is 17.3 Å². The Kier molecular flexibility index (Phi) is 7.67. The van der Waals surface area contributed by atoms with Crippen LogP contribution in [0.2, 0.25) is 0 Å². The molecular weight excluding hydrogens is 456 g/mol. The summed E-state index contributed by atoms with van der Waals surface area (Å²) < 4.78 is 33.9. The zero-order chi connectivity index (χ0) is 25.9. The van der Waals surface area contributed by atoms with Crippen LogP contribution in [-0.2, 0) is 12.2 Å². The Morgan fingerprint density at radius 1 is 1.17 bits per heavy atom. The number of hydrogen-bond donors (Lipinski definition) is 4. The summed E-state index contributed by atoms with van der Waals surface area (Å²) in [5.41, 5.74) is 12.7. The summed E-state index contributed by atoms with van der Waals surface area (Å²) in [4.78, 5) is 13.0. The van der Waals surface area contributed by atoms with Crippen LogP contribution in [0.1, 0.15) is 62.7 Å². The third-order valence-electron chi connectivity index (χ3n) is 5.54. The Balaban J connectivity index is 1.99. The number of hydrogen-bond acceptors (Lipinski definition) is 8. The van der Waals surface area contributed by atoms with Gasteiger partial charge in [0.15, 0.2) is 5.76 Å². The second-order valence-electron chi connectivity index (χ2n) is 8.59. The van der Waals surface area contributed by atoms with Crippen LogP contribution in [-0.4, -0.2) is 25.2 Å². The van der Waals surface area contributed by atoms with E-state index in [9.17, 15) is 19.0 Å². The summed E-state index contributed by atoms with van der Waals surface area (Å²) in [5.74, 6) is -1.75. The molecule has 0 aliphatic rings. The summed E-state index contributed by atoms with van der Waals surface area (Å²) in [6.45, 7) is 6.27. The van der Waals surface area contributed by atoms with Crippen LogP contribution in [0.4, 0.5) is 8.78 Å². The van der Waals surface area contributed by atoms with Crippen molar-refractivity contribution in [3.05, 3.63) is 82.3 Å². The van der Waals surface area contributed by atoms with Gasteiger partial charge in [-0.15, -0.1) is 0 Å². The predicted octanol–water partition coefficient (Wildman–Crippen LogP) is 3.86. The van der Waals surface area contributed by atoms with Crippen molar-refractivity contribution in [3.63, 3.8) is 0 Å². The summed E-state index contributed by atoms with van der Waals surface area (Å²) >= 11 is 0. The zero-order valence-corrected chi connectivity index (χ0v) is 20.0. The van der Waals surface area contributed by atoms with Crippen molar-refractivity contribution in [2.45, 2.75) is 52.2 Å². The number of halogens is 2. The lowest BCUT2D eigenvalue weighted by Gasteiger charge is -2.16. The molecule has 1 aromatic carbocycles. The van der Waals surface area contributed by atoms with Gasteiger partial charge in [0, 0.05) is 23.5 Å². The molecule has 3 aromatic rings. The Morgan fingerprint density at radius 3 is 2.37 bits per heavy atom. The van der Waals surface area contributed by atoms with Gasteiger partial charge in [-0.2, -0.15) is 0 Å². The van der Waals surface area contributed by atoms with E-state index in [-0.39, 0.29) is 34.3 Å². The summed E-state index contributed by atoms with van der Waals surface area (Å²) in [7, 11) is 0. The van der Waals surface area contributed by atoms with E-state index in [1.165, 1.54) is 38.4 Å². The molecule has 0 amide bonds. The monoisotopic (exact) mass is 485 g/mol. The minimum absolute atomic E-state index is 0.0806. The third-order valence-corrected chi connectivity index (χ3v) is 5.54. The number of aliphatic hydroxyl groups is 2. The lowest BCUT2D eigenvalue weighted by molar-refractivity contribution is 0.0699. The Bertz CT molecular complexity index is 1260. The van der Waals surface area contributed by atoms with Gasteiger partial charge in [-0.1, -0.05) is 19.9 Å². The zero-order valence-electron chi connectivity index (χ0n) is 20.0. The molecule has 3 rings (SSSR count). The summed E-state index contributed by atoms with van der Waals surface area (Å²) in [5, 5.41) is 19.9. The molecule has 6 N–H and O–H groups in total. The van der Waals surface area contributed by atoms with Crippen LogP contribution >= 0.6 is 0 Å². The standard InChI is InChI=1S/C25H29F2N5O3/c1-5-14(9-17(28)21-15(26)7-6-8-16(21)27)22(29)13(2)18-10-30-11-19(31-18)24-32-23(25(3,4)34)20(12-33)35-24/h6-11,13,33-34H,5,12,28-29H2,1-4H3/b17-9-,22-14-. The number of allylic oxidation sites excluding steroid dienone is 3. The lowest BCUT2D eigenvalue weighted by Crippen LogP contribution is -2.18. The van der Waals surface area contributed by atoms with Crippen molar-refractivity contribution in [2.24, 2.45) is 11.5 Å². The second-order valence-corrected chi connectivity index (χ2v) is 8.59. The number of aromatic nitrogens is 3. The Labute approximate surface area is 202 Å². The number of oxazole rings is 1. The molecule has 2 heterocycles. The maximum atomic E-state index is 14.1. The van der Waals surface area contributed by atoms with E-state index in [1.54, 1.807) is 0 Å². The van der Waals surface area contributed by atoms with Crippen LogP contribution < -0.4 is 11.5 Å². The van der Waals surface area contributed by atoms with Gasteiger partial charge in [-0.05, 0) is 44.1 Å². The molecule has 0 saturated carbocycles.